The molecule has 0 aliphatic carbocycles. The zero-order valence-corrected chi connectivity index (χ0v) is 15.0. The quantitative estimate of drug-likeness (QED) is 0.804. The predicted octanol–water partition coefficient (Wildman–Crippen LogP) is 3.09. The lowest BCUT2D eigenvalue weighted by atomic mass is 10.1. The summed E-state index contributed by atoms with van der Waals surface area (Å²) in [7, 11) is 0. The van der Waals surface area contributed by atoms with Crippen molar-refractivity contribution in [2.75, 3.05) is 13.1 Å². The minimum Gasteiger partial charge on any atom is -0.350 e. The number of nitrogens with one attached hydrogen (secondary N) is 1. The van der Waals surface area contributed by atoms with E-state index in [0.29, 0.717) is 13.1 Å². The number of amides is 2. The fourth-order valence-corrected chi connectivity index (χ4v) is 2.72. The van der Waals surface area contributed by atoms with Crippen LogP contribution < -0.4 is 5.32 Å². The molecule has 0 unspecified atom stereocenters. The highest BCUT2D eigenvalue weighted by Gasteiger charge is 2.13. The summed E-state index contributed by atoms with van der Waals surface area (Å²) in [4.78, 5) is 25.5. The maximum atomic E-state index is 12.1. The molecule has 0 spiro atoms. The van der Waals surface area contributed by atoms with Gasteiger partial charge in [0.15, 0.2) is 0 Å². The molecule has 0 aromatic heterocycles. The van der Waals surface area contributed by atoms with E-state index in [0.717, 1.165) is 24.0 Å². The van der Waals surface area contributed by atoms with Gasteiger partial charge in [0.05, 0.1) is 6.54 Å². The average molecular weight is 338 g/mol. The summed E-state index contributed by atoms with van der Waals surface area (Å²) < 4.78 is 0. The van der Waals surface area contributed by atoms with Crippen LogP contribution >= 0.6 is 0 Å². The van der Waals surface area contributed by atoms with Crippen LogP contribution in [0.4, 0.5) is 0 Å². The number of rotatable bonds is 8. The lowest BCUT2D eigenvalue weighted by molar-refractivity contribution is -0.134. The first-order valence-electron chi connectivity index (χ1n) is 8.66. The molecule has 0 saturated heterocycles. The van der Waals surface area contributed by atoms with Crippen molar-refractivity contribution >= 4 is 11.8 Å². The Balaban J connectivity index is 1.77. The highest BCUT2D eigenvalue weighted by molar-refractivity contribution is 5.83. The van der Waals surface area contributed by atoms with Crippen molar-refractivity contribution in [3.05, 3.63) is 71.3 Å². The molecular formula is C21H26N2O2. The van der Waals surface area contributed by atoms with E-state index < -0.39 is 0 Å². The van der Waals surface area contributed by atoms with E-state index in [1.807, 2.05) is 49.4 Å². The molecule has 0 saturated carbocycles. The van der Waals surface area contributed by atoms with E-state index in [1.165, 1.54) is 12.5 Å². The monoisotopic (exact) mass is 338 g/mol. The van der Waals surface area contributed by atoms with E-state index >= 15 is 0 Å². The molecule has 1 N–H and O–H groups in total. The second-order valence-corrected chi connectivity index (χ2v) is 6.30. The fraction of sp³-hybridized carbons (Fsp3) is 0.333. The van der Waals surface area contributed by atoms with Crippen molar-refractivity contribution < 1.29 is 9.59 Å². The van der Waals surface area contributed by atoms with Gasteiger partial charge in [0, 0.05) is 20.0 Å². The highest BCUT2D eigenvalue weighted by Crippen LogP contribution is 2.05. The van der Waals surface area contributed by atoms with Crippen molar-refractivity contribution in [3.63, 3.8) is 0 Å². The third-order valence-electron chi connectivity index (χ3n) is 4.09. The molecule has 0 aliphatic heterocycles. The van der Waals surface area contributed by atoms with E-state index in [4.69, 9.17) is 0 Å². The minimum atomic E-state index is -0.128. The van der Waals surface area contributed by atoms with Crippen LogP contribution in [0.15, 0.2) is 54.6 Å². The number of hydrogen-bond donors (Lipinski definition) is 1. The molecule has 132 valence electrons. The molecule has 0 bridgehead atoms. The lowest BCUT2D eigenvalue weighted by Gasteiger charge is -2.20. The molecule has 0 aliphatic rings. The first-order valence-corrected chi connectivity index (χ1v) is 8.66. The summed E-state index contributed by atoms with van der Waals surface area (Å²) in [6, 6.07) is 18.2. The summed E-state index contributed by atoms with van der Waals surface area (Å²) in [5, 5.41) is 2.89. The second kappa shape index (κ2) is 9.62. The average Bonchev–Trinajstić information content (AvgIpc) is 2.60. The predicted molar refractivity (Wildman–Crippen MR) is 100 cm³/mol. The number of nitrogens with zero attached hydrogens (tertiary/aromatic N) is 1. The van der Waals surface area contributed by atoms with Crippen molar-refractivity contribution in [1.82, 2.24) is 10.2 Å². The SMILES string of the molecule is CC(=O)N(CCCc1ccccc1)CC(=O)NCc1cccc(C)c1. The van der Waals surface area contributed by atoms with Gasteiger partial charge in [-0.05, 0) is 30.9 Å². The van der Waals surface area contributed by atoms with Gasteiger partial charge < -0.3 is 10.2 Å². The van der Waals surface area contributed by atoms with Crippen molar-refractivity contribution in [2.24, 2.45) is 0 Å². The van der Waals surface area contributed by atoms with E-state index in [2.05, 4.69) is 17.4 Å². The zero-order valence-electron chi connectivity index (χ0n) is 15.0. The first kappa shape index (κ1) is 18.7. The topological polar surface area (TPSA) is 49.4 Å². The largest absolute Gasteiger partial charge is 0.350 e. The molecule has 0 radical (unpaired) electrons. The molecule has 2 amide bonds. The Labute approximate surface area is 149 Å². The first-order chi connectivity index (χ1) is 12.0. The molecule has 2 rings (SSSR count). The summed E-state index contributed by atoms with van der Waals surface area (Å²) >= 11 is 0. The molecule has 25 heavy (non-hydrogen) atoms. The zero-order chi connectivity index (χ0) is 18.1. The summed E-state index contributed by atoms with van der Waals surface area (Å²) in [5.41, 5.74) is 3.47. The van der Waals surface area contributed by atoms with Crippen LogP contribution in [0.5, 0.6) is 0 Å². The Kier molecular flexibility index (Phi) is 7.20. The second-order valence-electron chi connectivity index (χ2n) is 6.30. The van der Waals surface area contributed by atoms with Crippen LogP contribution in [0.25, 0.3) is 0 Å². The number of aryl methyl sites for hydroxylation is 2. The normalized spacial score (nSPS) is 10.3. The lowest BCUT2D eigenvalue weighted by Crippen LogP contribution is -2.40. The standard InChI is InChI=1S/C21H26N2O2/c1-17-8-6-11-20(14-17)15-22-21(25)16-23(18(2)24)13-7-12-19-9-4-3-5-10-19/h3-6,8-11,14H,7,12-13,15-16H2,1-2H3,(H,22,25). The molecular weight excluding hydrogens is 312 g/mol. The van der Waals surface area contributed by atoms with Crippen molar-refractivity contribution in [2.45, 2.75) is 33.2 Å². The number of carbonyl (C=O) groups excluding carboxylic acids is 2. The van der Waals surface area contributed by atoms with Crippen LogP contribution in [0.1, 0.15) is 30.0 Å². The van der Waals surface area contributed by atoms with Gasteiger partial charge in [0.2, 0.25) is 11.8 Å². The van der Waals surface area contributed by atoms with Crippen LogP contribution in [-0.2, 0) is 22.6 Å². The number of hydrogen-bond acceptors (Lipinski definition) is 2. The maximum absolute atomic E-state index is 12.1. The Morgan fingerprint density at radius 3 is 2.40 bits per heavy atom. The molecule has 0 fully saturated rings. The van der Waals surface area contributed by atoms with Crippen LogP contribution in [0.2, 0.25) is 0 Å². The third kappa shape index (κ3) is 6.79. The van der Waals surface area contributed by atoms with Gasteiger partial charge in [0.1, 0.15) is 0 Å². The number of benzene rings is 2. The molecule has 4 heteroatoms. The van der Waals surface area contributed by atoms with Gasteiger partial charge in [-0.15, -0.1) is 0 Å². The molecule has 0 atom stereocenters. The maximum Gasteiger partial charge on any atom is 0.239 e. The fourth-order valence-electron chi connectivity index (χ4n) is 2.72. The molecule has 0 heterocycles. The van der Waals surface area contributed by atoms with Gasteiger partial charge >= 0.3 is 0 Å². The minimum absolute atomic E-state index is 0.0706. The smallest absolute Gasteiger partial charge is 0.239 e. The Morgan fingerprint density at radius 2 is 1.72 bits per heavy atom. The molecule has 4 nitrogen and oxygen atoms in total. The van der Waals surface area contributed by atoms with E-state index in [1.54, 1.807) is 4.90 Å². The van der Waals surface area contributed by atoms with Crippen LogP contribution in [0.3, 0.4) is 0 Å². The Morgan fingerprint density at radius 1 is 1.00 bits per heavy atom. The summed E-state index contributed by atoms with van der Waals surface area (Å²) in [6.07, 6.45) is 1.74. The Hall–Kier alpha value is -2.62. The van der Waals surface area contributed by atoms with E-state index in [9.17, 15) is 9.59 Å². The molecule has 2 aromatic carbocycles. The van der Waals surface area contributed by atoms with Gasteiger partial charge in [-0.2, -0.15) is 0 Å². The van der Waals surface area contributed by atoms with Gasteiger partial charge in [-0.1, -0.05) is 60.2 Å². The number of carbonyl (C=O) groups is 2. The van der Waals surface area contributed by atoms with Crippen molar-refractivity contribution in [3.8, 4) is 0 Å². The molecule has 2 aromatic rings. The highest BCUT2D eigenvalue weighted by atomic mass is 16.2. The van der Waals surface area contributed by atoms with Gasteiger partial charge in [0.25, 0.3) is 0 Å². The van der Waals surface area contributed by atoms with E-state index in [-0.39, 0.29) is 18.4 Å². The summed E-state index contributed by atoms with van der Waals surface area (Å²) in [6.45, 7) is 4.71. The third-order valence-corrected chi connectivity index (χ3v) is 4.09. The van der Waals surface area contributed by atoms with Crippen LogP contribution in [0, 0.1) is 6.92 Å². The van der Waals surface area contributed by atoms with Crippen LogP contribution in [-0.4, -0.2) is 29.8 Å². The Bertz CT molecular complexity index is 698. The van der Waals surface area contributed by atoms with Gasteiger partial charge in [-0.25, -0.2) is 0 Å². The summed E-state index contributed by atoms with van der Waals surface area (Å²) in [5.74, 6) is -0.199. The van der Waals surface area contributed by atoms with Crippen molar-refractivity contribution in [1.29, 1.82) is 0 Å². The van der Waals surface area contributed by atoms with Gasteiger partial charge in [-0.3, -0.25) is 9.59 Å².